The van der Waals surface area contributed by atoms with Gasteiger partial charge in [-0.05, 0) is 57.4 Å². The zero-order valence-corrected chi connectivity index (χ0v) is 22.5. The fraction of sp³-hybridized carbons (Fsp3) is 0.385. The molecular weight excluding hydrogens is 508 g/mol. The lowest BCUT2D eigenvalue weighted by Gasteiger charge is -2.24. The van der Waals surface area contributed by atoms with Gasteiger partial charge in [0.15, 0.2) is 5.82 Å². The van der Waals surface area contributed by atoms with E-state index >= 15 is 0 Å². The number of amides is 3. The smallest absolute Gasteiger partial charge is 0.423 e. The number of carbonyl (C=O) groups is 4. The number of nitrogens with one attached hydrogen (secondary N) is 2. The van der Waals surface area contributed by atoms with E-state index in [9.17, 15) is 24.3 Å². The summed E-state index contributed by atoms with van der Waals surface area (Å²) in [5.41, 5.74) is 2.35. The molecule has 0 saturated carbocycles. The van der Waals surface area contributed by atoms with Crippen LogP contribution in [0.25, 0.3) is 5.52 Å². The normalized spacial score (nSPS) is 11.5. The second kappa shape index (κ2) is 12.8. The molecule has 13 nitrogen and oxygen atoms in total. The number of hydrogen-bond acceptors (Lipinski definition) is 9. The SMILES string of the molecule is CCCNC(=O)c1ccc(C)c(N(C(=O)OCOC(=O)C(C)O)c2ncnn3cc(C(=O)NCC)c(C)c23)c1. The number of fused-ring (bicyclic) bond motifs is 1. The molecule has 1 atom stereocenters. The van der Waals surface area contributed by atoms with E-state index in [-0.39, 0.29) is 23.3 Å². The molecule has 2 aromatic heterocycles. The number of nitrogens with zero attached hydrogens (tertiary/aromatic N) is 4. The molecule has 0 fully saturated rings. The summed E-state index contributed by atoms with van der Waals surface area (Å²) in [5, 5.41) is 19.1. The standard InChI is InChI=1S/C26H32N6O7/c1-6-10-28-23(34)18-9-8-15(3)20(11-18)32(26(37)39-14-38-25(36)17(5)33)22-21-16(4)19(24(35)27-7-2)12-31(21)30-13-29-22/h8-9,11-13,17,33H,6-7,10,14H2,1-5H3,(H,27,35)(H,28,34). The lowest BCUT2D eigenvalue weighted by molar-refractivity contribution is -0.160. The topological polar surface area (TPSA) is 164 Å². The van der Waals surface area contributed by atoms with Crippen molar-refractivity contribution in [2.24, 2.45) is 0 Å². The second-order valence-electron chi connectivity index (χ2n) is 8.66. The van der Waals surface area contributed by atoms with Crippen molar-refractivity contribution in [2.45, 2.75) is 47.1 Å². The van der Waals surface area contributed by atoms with E-state index in [1.165, 1.54) is 30.0 Å². The summed E-state index contributed by atoms with van der Waals surface area (Å²) < 4.78 is 11.4. The van der Waals surface area contributed by atoms with E-state index in [0.717, 1.165) is 11.3 Å². The summed E-state index contributed by atoms with van der Waals surface area (Å²) in [5.74, 6) is -1.56. The van der Waals surface area contributed by atoms with Crippen LogP contribution in [0.3, 0.4) is 0 Å². The van der Waals surface area contributed by atoms with Crippen LogP contribution in [0.1, 0.15) is 59.0 Å². The van der Waals surface area contributed by atoms with Gasteiger partial charge in [0.2, 0.25) is 6.79 Å². The molecule has 39 heavy (non-hydrogen) atoms. The number of aliphatic hydroxyl groups is 1. The molecule has 0 aliphatic heterocycles. The average molecular weight is 541 g/mol. The number of anilines is 2. The number of benzene rings is 1. The maximum atomic E-state index is 13.5. The maximum Gasteiger partial charge on any atom is 0.423 e. The Labute approximate surface area is 225 Å². The zero-order valence-electron chi connectivity index (χ0n) is 22.5. The Bertz CT molecular complexity index is 1380. The zero-order chi connectivity index (χ0) is 28.7. The summed E-state index contributed by atoms with van der Waals surface area (Å²) >= 11 is 0. The highest BCUT2D eigenvalue weighted by Crippen LogP contribution is 2.34. The van der Waals surface area contributed by atoms with Gasteiger partial charge in [-0.25, -0.2) is 24.0 Å². The van der Waals surface area contributed by atoms with Crippen molar-refractivity contribution < 1.29 is 33.8 Å². The van der Waals surface area contributed by atoms with Crippen LogP contribution in [0, 0.1) is 13.8 Å². The lowest BCUT2D eigenvalue weighted by atomic mass is 10.1. The van der Waals surface area contributed by atoms with Gasteiger partial charge in [-0.2, -0.15) is 5.10 Å². The minimum Gasteiger partial charge on any atom is -0.426 e. The third-order valence-corrected chi connectivity index (χ3v) is 5.76. The van der Waals surface area contributed by atoms with Gasteiger partial charge in [-0.3, -0.25) is 9.59 Å². The van der Waals surface area contributed by atoms with Gasteiger partial charge in [0.05, 0.1) is 11.3 Å². The van der Waals surface area contributed by atoms with Crippen LogP contribution in [-0.2, 0) is 14.3 Å². The summed E-state index contributed by atoms with van der Waals surface area (Å²) in [6, 6.07) is 4.82. The number of aliphatic hydroxyl groups excluding tert-OH is 1. The van der Waals surface area contributed by atoms with E-state index in [1.807, 2.05) is 6.92 Å². The van der Waals surface area contributed by atoms with Crippen molar-refractivity contribution in [3.05, 3.63) is 53.0 Å². The first kappa shape index (κ1) is 29.0. The monoisotopic (exact) mass is 540 g/mol. The molecular formula is C26H32N6O7. The molecule has 3 N–H and O–H groups in total. The van der Waals surface area contributed by atoms with E-state index in [2.05, 4.69) is 20.7 Å². The van der Waals surface area contributed by atoms with Crippen LogP contribution >= 0.6 is 0 Å². The number of aryl methyl sites for hydroxylation is 2. The van der Waals surface area contributed by atoms with Gasteiger partial charge in [0.1, 0.15) is 17.9 Å². The number of aromatic nitrogens is 3. The first-order chi connectivity index (χ1) is 18.6. The van der Waals surface area contributed by atoms with Crippen molar-refractivity contribution in [1.29, 1.82) is 0 Å². The molecule has 3 rings (SSSR count). The molecule has 13 heteroatoms. The Balaban J connectivity index is 2.15. The molecule has 1 unspecified atom stereocenters. The van der Waals surface area contributed by atoms with Gasteiger partial charge < -0.3 is 25.2 Å². The van der Waals surface area contributed by atoms with E-state index < -0.39 is 25.0 Å². The van der Waals surface area contributed by atoms with Crippen LogP contribution in [0.4, 0.5) is 16.3 Å². The van der Waals surface area contributed by atoms with Crippen LogP contribution in [-0.4, -0.2) is 69.6 Å². The second-order valence-corrected chi connectivity index (χ2v) is 8.66. The van der Waals surface area contributed by atoms with Crippen LogP contribution in [0.2, 0.25) is 0 Å². The predicted octanol–water partition coefficient (Wildman–Crippen LogP) is 2.39. The molecule has 0 bridgehead atoms. The highest BCUT2D eigenvalue weighted by Gasteiger charge is 2.29. The molecule has 0 saturated heterocycles. The number of hydrogen-bond donors (Lipinski definition) is 3. The highest BCUT2D eigenvalue weighted by molar-refractivity contribution is 6.04. The Morgan fingerprint density at radius 1 is 1.10 bits per heavy atom. The number of carbonyl (C=O) groups excluding carboxylic acids is 4. The summed E-state index contributed by atoms with van der Waals surface area (Å²) in [7, 11) is 0. The van der Waals surface area contributed by atoms with Gasteiger partial charge in [0.25, 0.3) is 11.8 Å². The molecule has 2 heterocycles. The maximum absolute atomic E-state index is 13.5. The fourth-order valence-electron chi connectivity index (χ4n) is 3.74. The summed E-state index contributed by atoms with van der Waals surface area (Å²) in [6.07, 6.45) is 1.09. The quantitative estimate of drug-likeness (QED) is 0.259. The third-order valence-electron chi connectivity index (χ3n) is 5.76. The van der Waals surface area contributed by atoms with E-state index in [4.69, 9.17) is 9.47 Å². The Hall–Kier alpha value is -4.52. The molecule has 0 aliphatic rings. The lowest BCUT2D eigenvalue weighted by Crippen LogP contribution is -2.31. The minimum atomic E-state index is -1.40. The van der Waals surface area contributed by atoms with Gasteiger partial charge >= 0.3 is 12.1 Å². The fourth-order valence-corrected chi connectivity index (χ4v) is 3.74. The molecule has 3 amide bonds. The minimum absolute atomic E-state index is 0.0686. The Kier molecular flexibility index (Phi) is 9.55. The summed E-state index contributed by atoms with van der Waals surface area (Å²) in [4.78, 5) is 56.0. The molecule has 0 radical (unpaired) electrons. The summed E-state index contributed by atoms with van der Waals surface area (Å²) in [6.45, 7) is 8.48. The highest BCUT2D eigenvalue weighted by atomic mass is 16.7. The van der Waals surface area contributed by atoms with Crippen LogP contribution < -0.4 is 15.5 Å². The molecule has 3 aromatic rings. The van der Waals surface area contributed by atoms with Crippen molar-refractivity contribution in [3.8, 4) is 0 Å². The predicted molar refractivity (Wildman–Crippen MR) is 141 cm³/mol. The molecule has 1 aromatic carbocycles. The Morgan fingerprint density at radius 3 is 2.51 bits per heavy atom. The third kappa shape index (κ3) is 6.49. The van der Waals surface area contributed by atoms with Gasteiger partial charge in [0, 0.05) is 24.8 Å². The number of ether oxygens (including phenoxy) is 2. The van der Waals surface area contributed by atoms with E-state index in [1.54, 1.807) is 32.9 Å². The van der Waals surface area contributed by atoms with Crippen molar-refractivity contribution in [2.75, 3.05) is 24.8 Å². The Morgan fingerprint density at radius 2 is 1.85 bits per heavy atom. The average Bonchev–Trinajstić information content (AvgIpc) is 3.25. The largest absolute Gasteiger partial charge is 0.426 e. The van der Waals surface area contributed by atoms with Crippen LogP contribution in [0.5, 0.6) is 0 Å². The van der Waals surface area contributed by atoms with Crippen molar-refractivity contribution in [3.63, 3.8) is 0 Å². The van der Waals surface area contributed by atoms with Gasteiger partial charge in [-0.1, -0.05) is 13.0 Å². The number of rotatable bonds is 10. The van der Waals surface area contributed by atoms with E-state index in [0.29, 0.717) is 40.9 Å². The van der Waals surface area contributed by atoms with Crippen LogP contribution in [0.15, 0.2) is 30.7 Å². The van der Waals surface area contributed by atoms with Gasteiger partial charge in [-0.15, -0.1) is 0 Å². The first-order valence-corrected chi connectivity index (χ1v) is 12.4. The van der Waals surface area contributed by atoms with Crippen molar-refractivity contribution >= 4 is 40.9 Å². The molecule has 208 valence electrons. The number of esters is 1. The first-order valence-electron chi connectivity index (χ1n) is 12.4. The molecule has 0 aliphatic carbocycles. The molecule has 0 spiro atoms. The van der Waals surface area contributed by atoms with Crippen molar-refractivity contribution in [1.82, 2.24) is 25.2 Å².